The van der Waals surface area contributed by atoms with E-state index in [9.17, 15) is 28.7 Å². The second kappa shape index (κ2) is 6.77. The monoisotopic (exact) mass is 467 g/mol. The zero-order chi connectivity index (χ0) is 24.9. The number of phenolic OH excluding ortho intramolecular Hbond substituents is 1. The van der Waals surface area contributed by atoms with E-state index in [0.29, 0.717) is 16.7 Å². The first-order valence-corrected chi connectivity index (χ1v) is 11.2. The maximum atomic E-state index is 14.5. The number of fused-ring (bicyclic) bond motifs is 4. The van der Waals surface area contributed by atoms with Gasteiger partial charge in [0.05, 0.1) is 18.0 Å². The van der Waals surface area contributed by atoms with Crippen molar-refractivity contribution in [2.75, 3.05) is 0 Å². The Kier molecular flexibility index (Phi) is 4.44. The predicted molar refractivity (Wildman–Crippen MR) is 121 cm³/mol. The second-order valence-electron chi connectivity index (χ2n) is 10.0. The first kappa shape index (κ1) is 22.3. The summed E-state index contributed by atoms with van der Waals surface area (Å²) in [5.74, 6) is -2.79. The Morgan fingerprint density at radius 1 is 1.03 bits per heavy atom. The summed E-state index contributed by atoms with van der Waals surface area (Å²) >= 11 is 0. The highest BCUT2D eigenvalue weighted by molar-refractivity contribution is 6.17. The lowest BCUT2D eigenvalue weighted by atomic mass is 9.43. The number of nitrogens with zero attached hydrogens (tertiary/aromatic N) is 3. The third-order valence-electron chi connectivity index (χ3n) is 8.63. The number of Topliss-reactive ketones (excluding diaryl/α,β-unsaturated/α-hetero) is 2. The molecule has 9 heteroatoms. The second-order valence-corrected chi connectivity index (χ2v) is 10.0. The fourth-order valence-corrected chi connectivity index (χ4v) is 6.42. The van der Waals surface area contributed by atoms with Crippen molar-refractivity contribution in [1.29, 1.82) is 0 Å². The molecule has 4 atom stereocenters. The molecule has 0 radical (unpaired) electrons. The first-order valence-electron chi connectivity index (χ1n) is 11.2. The maximum Gasteiger partial charge on any atom is 0.347 e. The third-order valence-corrected chi connectivity index (χ3v) is 8.63. The van der Waals surface area contributed by atoms with E-state index in [0.717, 1.165) is 10.6 Å². The minimum absolute atomic E-state index is 0.0795. The van der Waals surface area contributed by atoms with Crippen LogP contribution >= 0.6 is 0 Å². The number of aromatic nitrogens is 3. The van der Waals surface area contributed by atoms with Gasteiger partial charge in [-0.05, 0) is 43.1 Å². The molecule has 0 unspecified atom stereocenters. The Morgan fingerprint density at radius 3 is 2.35 bits per heavy atom. The average Bonchev–Trinajstić information content (AvgIpc) is 3.03. The minimum Gasteiger partial charge on any atom is -0.505 e. The first-order chi connectivity index (χ1) is 15.9. The lowest BCUT2D eigenvalue weighted by Gasteiger charge is -2.58. The van der Waals surface area contributed by atoms with Crippen LogP contribution in [0, 0.1) is 16.6 Å². The lowest BCUT2D eigenvalue weighted by molar-refractivity contribution is -0.151. The molecule has 1 aromatic carbocycles. The Labute approximate surface area is 194 Å². The molecule has 1 saturated carbocycles. The molecule has 2 heterocycles. The van der Waals surface area contributed by atoms with Crippen molar-refractivity contribution in [2.45, 2.75) is 52.6 Å². The number of carbonyl (C=O) groups excluding carboxylic acids is 2. The van der Waals surface area contributed by atoms with Gasteiger partial charge in [-0.3, -0.25) is 9.59 Å². The van der Waals surface area contributed by atoms with Gasteiger partial charge in [0.2, 0.25) is 0 Å². The quantitative estimate of drug-likeness (QED) is 0.649. The van der Waals surface area contributed by atoms with Gasteiger partial charge in [0.15, 0.2) is 23.1 Å². The van der Waals surface area contributed by atoms with Crippen LogP contribution in [0.1, 0.15) is 51.6 Å². The highest BCUT2D eigenvalue weighted by Crippen LogP contribution is 2.66. The number of halogens is 1. The summed E-state index contributed by atoms with van der Waals surface area (Å²) in [6, 6.07) is 3.40. The van der Waals surface area contributed by atoms with Crippen molar-refractivity contribution >= 4 is 11.6 Å². The summed E-state index contributed by atoms with van der Waals surface area (Å²) in [7, 11) is 1.39. The van der Waals surface area contributed by atoms with Crippen molar-refractivity contribution in [3.63, 3.8) is 0 Å². The molecule has 0 amide bonds. The van der Waals surface area contributed by atoms with E-state index < -0.39 is 45.7 Å². The number of hydrogen-bond donors (Lipinski definition) is 1. The topological polar surface area (TPSA) is 103 Å². The zero-order valence-corrected chi connectivity index (χ0v) is 19.7. The van der Waals surface area contributed by atoms with Crippen LogP contribution in [0.2, 0.25) is 0 Å². The predicted octanol–water partition coefficient (Wildman–Crippen LogP) is 2.36. The molecule has 0 spiro atoms. The zero-order valence-electron chi connectivity index (χ0n) is 19.7. The van der Waals surface area contributed by atoms with Gasteiger partial charge < -0.3 is 5.11 Å². The van der Waals surface area contributed by atoms with Gasteiger partial charge in [-0.25, -0.2) is 27.9 Å². The molecule has 1 aromatic heterocycles. The molecule has 2 aromatic rings. The van der Waals surface area contributed by atoms with Gasteiger partial charge in [-0.1, -0.05) is 32.1 Å². The van der Waals surface area contributed by atoms with Crippen LogP contribution in [0.25, 0.3) is 0 Å². The number of hydrogen-bond acceptors (Lipinski definition) is 5. The summed E-state index contributed by atoms with van der Waals surface area (Å²) < 4.78 is 18.2. The molecule has 1 N–H and O–H groups in total. The summed E-state index contributed by atoms with van der Waals surface area (Å²) in [6.07, 6.45) is 1.88. The number of carbonyl (C=O) groups is 2. The van der Waals surface area contributed by atoms with E-state index >= 15 is 0 Å². The lowest BCUT2D eigenvalue weighted by Crippen LogP contribution is -2.61. The molecular weight excluding hydrogens is 441 g/mol. The molecule has 34 heavy (non-hydrogen) atoms. The summed E-state index contributed by atoms with van der Waals surface area (Å²) in [5.41, 5.74) is -2.15. The Balaban J connectivity index is 1.89. The van der Waals surface area contributed by atoms with Gasteiger partial charge in [0.25, 0.3) is 0 Å². The van der Waals surface area contributed by atoms with Crippen LogP contribution in [-0.2, 0) is 23.2 Å². The van der Waals surface area contributed by atoms with Gasteiger partial charge in [-0.15, -0.1) is 0 Å². The molecule has 1 fully saturated rings. The number of para-hydroxylation sites is 1. The van der Waals surface area contributed by atoms with Crippen LogP contribution in [0.4, 0.5) is 4.39 Å². The number of ketones is 2. The van der Waals surface area contributed by atoms with Crippen LogP contribution in [0.3, 0.4) is 0 Å². The van der Waals surface area contributed by atoms with Crippen LogP contribution < -0.4 is 11.4 Å². The van der Waals surface area contributed by atoms with Crippen molar-refractivity contribution < 1.29 is 19.1 Å². The van der Waals surface area contributed by atoms with Crippen LogP contribution in [-0.4, -0.2) is 30.6 Å². The van der Waals surface area contributed by atoms with E-state index in [1.165, 1.54) is 22.5 Å². The molecule has 8 nitrogen and oxygen atoms in total. The Morgan fingerprint density at radius 2 is 1.68 bits per heavy atom. The van der Waals surface area contributed by atoms with E-state index in [-0.39, 0.29) is 30.1 Å². The van der Waals surface area contributed by atoms with Crippen molar-refractivity contribution in [2.24, 2.45) is 17.9 Å². The van der Waals surface area contributed by atoms with Gasteiger partial charge >= 0.3 is 11.4 Å². The number of phenols is 1. The largest absolute Gasteiger partial charge is 0.505 e. The highest BCUT2D eigenvalue weighted by atomic mass is 19.1. The fraction of sp³-hybridized carbons (Fsp3) is 0.440. The Hall–Kier alpha value is -3.49. The number of rotatable bonds is 1. The number of aromatic hydroxyl groups is 1. The summed E-state index contributed by atoms with van der Waals surface area (Å²) in [6.45, 7) is 6.71. The van der Waals surface area contributed by atoms with Crippen molar-refractivity contribution in [3.8, 4) is 5.75 Å². The Bertz CT molecular complexity index is 1490. The van der Waals surface area contributed by atoms with Crippen LogP contribution in [0.15, 0.2) is 50.6 Å². The van der Waals surface area contributed by atoms with E-state index in [1.54, 1.807) is 39.8 Å². The SMILES string of the molecule is CC1=C(C)C(=O)[C@@]2(C)[C@@H](c3cccc(F)c3O)C3=CCn4c(=O)n(C)c(=O)n4[C@@H]3C[C@@]2(C)C1=O. The standard InChI is InChI=1S/C25H26FN3O5/c1-12-13(2)21(32)25(4)18(15-7-6-8-16(26)19(15)30)14-9-10-28-22(33)27(5)23(34)29(28)17(14)11-24(25,3)20(12)31/h6-9,17-18,30H,10-11H2,1-5H3/t17-,18-,24+,25-/m1/s1. The van der Waals surface area contributed by atoms with Crippen molar-refractivity contribution in [3.05, 3.63) is 73.3 Å². The van der Waals surface area contributed by atoms with Crippen molar-refractivity contribution in [1.82, 2.24) is 13.9 Å². The van der Waals surface area contributed by atoms with Gasteiger partial charge in [0.1, 0.15) is 0 Å². The van der Waals surface area contributed by atoms with Gasteiger partial charge in [-0.2, -0.15) is 0 Å². The smallest absolute Gasteiger partial charge is 0.347 e. The third kappa shape index (κ3) is 2.37. The summed E-state index contributed by atoms with van der Waals surface area (Å²) in [4.78, 5) is 53.4. The molecule has 5 rings (SSSR count). The molecular formula is C25H26FN3O5. The number of benzene rings is 1. The molecule has 2 aliphatic carbocycles. The highest BCUT2D eigenvalue weighted by Gasteiger charge is 2.67. The fourth-order valence-electron chi connectivity index (χ4n) is 6.42. The molecule has 3 aliphatic rings. The van der Waals surface area contributed by atoms with E-state index in [1.807, 2.05) is 0 Å². The van der Waals surface area contributed by atoms with Gasteiger partial charge in [0, 0.05) is 23.9 Å². The minimum atomic E-state index is -1.35. The average molecular weight is 467 g/mol. The molecule has 0 saturated heterocycles. The molecule has 1 aliphatic heterocycles. The molecule has 0 bridgehead atoms. The van der Waals surface area contributed by atoms with Crippen LogP contribution in [0.5, 0.6) is 5.75 Å². The number of allylic oxidation sites excluding steroid dienone is 4. The molecule has 178 valence electrons. The van der Waals surface area contributed by atoms with E-state index in [4.69, 9.17) is 0 Å². The normalized spacial score (nSPS) is 30.6. The summed E-state index contributed by atoms with van der Waals surface area (Å²) in [5, 5.41) is 10.8. The van der Waals surface area contributed by atoms with E-state index in [2.05, 4.69) is 0 Å². The maximum absolute atomic E-state index is 14.5.